The van der Waals surface area contributed by atoms with Crippen LogP contribution in [-0.2, 0) is 15.8 Å². The number of benzene rings is 3. The quantitative estimate of drug-likeness (QED) is 0.105. The minimum absolute atomic E-state index is 0.154. The summed E-state index contributed by atoms with van der Waals surface area (Å²) < 4.78 is 39.2. The SMILES string of the molecule is C=CC(=O)N[C@@H](CC(C)C)C(=O)Nc1cccc(Nc2ncc(NC(=O)c3cc(NC(=O)c4cccc(C(F)(F)F)c4)ccc3C)cn2)c1. The first kappa shape index (κ1) is 35.8. The van der Waals surface area contributed by atoms with Gasteiger partial charge in [0.05, 0.1) is 23.6 Å². The number of rotatable bonds is 12. The van der Waals surface area contributed by atoms with Crippen molar-refractivity contribution in [3.05, 3.63) is 114 Å². The van der Waals surface area contributed by atoms with Crippen molar-refractivity contribution in [2.24, 2.45) is 5.92 Å². The van der Waals surface area contributed by atoms with Gasteiger partial charge in [-0.1, -0.05) is 38.6 Å². The first-order valence-electron chi connectivity index (χ1n) is 15.1. The van der Waals surface area contributed by atoms with Gasteiger partial charge in [0.15, 0.2) is 0 Å². The molecule has 0 spiro atoms. The fourth-order valence-corrected chi connectivity index (χ4v) is 4.61. The monoisotopic (exact) mass is 673 g/mol. The number of aryl methyl sites for hydroxylation is 1. The molecule has 0 unspecified atom stereocenters. The highest BCUT2D eigenvalue weighted by Gasteiger charge is 2.31. The number of amides is 4. The van der Waals surface area contributed by atoms with E-state index >= 15 is 0 Å². The lowest BCUT2D eigenvalue weighted by molar-refractivity contribution is -0.137. The zero-order valence-corrected chi connectivity index (χ0v) is 26.8. The van der Waals surface area contributed by atoms with Crippen molar-refractivity contribution in [3.63, 3.8) is 0 Å². The van der Waals surface area contributed by atoms with Crippen LogP contribution >= 0.6 is 0 Å². The molecule has 0 fully saturated rings. The summed E-state index contributed by atoms with van der Waals surface area (Å²) in [6.07, 6.45) is -0.292. The molecule has 4 amide bonds. The molecular formula is C35H34F3N7O4. The highest BCUT2D eigenvalue weighted by atomic mass is 19.4. The van der Waals surface area contributed by atoms with E-state index in [-0.39, 0.29) is 40.3 Å². The molecule has 3 aromatic carbocycles. The van der Waals surface area contributed by atoms with Gasteiger partial charge >= 0.3 is 6.18 Å². The molecule has 4 rings (SSSR count). The van der Waals surface area contributed by atoms with E-state index in [4.69, 9.17) is 0 Å². The molecule has 0 bridgehead atoms. The van der Waals surface area contributed by atoms with E-state index in [1.807, 2.05) is 13.8 Å². The van der Waals surface area contributed by atoms with Crippen molar-refractivity contribution < 1.29 is 32.3 Å². The molecule has 4 aromatic rings. The van der Waals surface area contributed by atoms with Crippen molar-refractivity contribution in [1.29, 1.82) is 0 Å². The van der Waals surface area contributed by atoms with Crippen LogP contribution in [0.1, 0.15) is 52.1 Å². The molecule has 0 saturated carbocycles. The molecule has 11 nitrogen and oxygen atoms in total. The molecule has 1 aromatic heterocycles. The van der Waals surface area contributed by atoms with Crippen LogP contribution in [0.3, 0.4) is 0 Å². The molecule has 0 aliphatic rings. The molecule has 0 aliphatic carbocycles. The Morgan fingerprint density at radius 3 is 2.14 bits per heavy atom. The number of aromatic nitrogens is 2. The van der Waals surface area contributed by atoms with Crippen LogP contribution < -0.4 is 26.6 Å². The molecule has 49 heavy (non-hydrogen) atoms. The van der Waals surface area contributed by atoms with E-state index < -0.39 is 35.5 Å². The second kappa shape index (κ2) is 15.7. The van der Waals surface area contributed by atoms with Gasteiger partial charge in [-0.2, -0.15) is 13.2 Å². The summed E-state index contributed by atoms with van der Waals surface area (Å²) in [6.45, 7) is 9.00. The Hall–Kier alpha value is -6.05. The average molecular weight is 674 g/mol. The maximum absolute atomic E-state index is 13.1. The van der Waals surface area contributed by atoms with E-state index in [0.29, 0.717) is 23.4 Å². The predicted octanol–water partition coefficient (Wildman–Crippen LogP) is 6.71. The third kappa shape index (κ3) is 10.2. The van der Waals surface area contributed by atoms with Gasteiger partial charge in [0.25, 0.3) is 11.8 Å². The smallest absolute Gasteiger partial charge is 0.341 e. The normalized spacial score (nSPS) is 11.7. The topological polar surface area (TPSA) is 154 Å². The van der Waals surface area contributed by atoms with Crippen LogP contribution in [0.4, 0.5) is 41.9 Å². The van der Waals surface area contributed by atoms with Gasteiger partial charge in [0.2, 0.25) is 17.8 Å². The van der Waals surface area contributed by atoms with E-state index in [0.717, 1.165) is 24.3 Å². The number of nitrogens with zero attached hydrogens (tertiary/aromatic N) is 2. The molecule has 5 N–H and O–H groups in total. The minimum Gasteiger partial charge on any atom is -0.341 e. The molecule has 0 aliphatic heterocycles. The second-order valence-electron chi connectivity index (χ2n) is 11.4. The van der Waals surface area contributed by atoms with Gasteiger partial charge in [-0.3, -0.25) is 19.2 Å². The lowest BCUT2D eigenvalue weighted by Crippen LogP contribution is -2.44. The maximum atomic E-state index is 13.1. The summed E-state index contributed by atoms with van der Waals surface area (Å²) in [7, 11) is 0. The summed E-state index contributed by atoms with van der Waals surface area (Å²) in [5, 5.41) is 13.7. The van der Waals surface area contributed by atoms with Crippen LogP contribution in [0.2, 0.25) is 0 Å². The van der Waals surface area contributed by atoms with Crippen molar-refractivity contribution in [1.82, 2.24) is 15.3 Å². The van der Waals surface area contributed by atoms with E-state index in [1.165, 1.54) is 30.6 Å². The first-order valence-corrected chi connectivity index (χ1v) is 15.1. The largest absolute Gasteiger partial charge is 0.416 e. The number of halogens is 3. The fourth-order valence-electron chi connectivity index (χ4n) is 4.61. The van der Waals surface area contributed by atoms with Crippen molar-refractivity contribution in [2.75, 3.05) is 21.3 Å². The number of carbonyl (C=O) groups excluding carboxylic acids is 4. The van der Waals surface area contributed by atoms with Gasteiger partial charge in [-0.15, -0.1) is 0 Å². The Balaban J connectivity index is 1.38. The summed E-state index contributed by atoms with van der Waals surface area (Å²) in [6, 6.07) is 14.6. The molecule has 254 valence electrons. The summed E-state index contributed by atoms with van der Waals surface area (Å²) in [5.41, 5.74) is 1.17. The number of anilines is 5. The Bertz CT molecular complexity index is 1860. The van der Waals surface area contributed by atoms with Crippen LogP contribution in [0.15, 0.2) is 91.8 Å². The van der Waals surface area contributed by atoms with Gasteiger partial charge in [0.1, 0.15) is 6.04 Å². The van der Waals surface area contributed by atoms with E-state index in [1.54, 1.807) is 37.3 Å². The van der Waals surface area contributed by atoms with E-state index in [2.05, 4.69) is 43.1 Å². The number of alkyl halides is 3. The van der Waals surface area contributed by atoms with Gasteiger partial charge in [0, 0.05) is 28.2 Å². The van der Waals surface area contributed by atoms with Crippen LogP contribution in [0, 0.1) is 12.8 Å². The zero-order chi connectivity index (χ0) is 35.7. The van der Waals surface area contributed by atoms with Crippen molar-refractivity contribution in [3.8, 4) is 0 Å². The Morgan fingerprint density at radius 1 is 0.816 bits per heavy atom. The third-order valence-corrected chi connectivity index (χ3v) is 7.01. The van der Waals surface area contributed by atoms with Crippen LogP contribution in [-0.4, -0.2) is 39.6 Å². The molecule has 1 heterocycles. The van der Waals surface area contributed by atoms with Crippen molar-refractivity contribution >= 4 is 52.3 Å². The van der Waals surface area contributed by atoms with Gasteiger partial charge < -0.3 is 26.6 Å². The minimum atomic E-state index is -4.60. The van der Waals surface area contributed by atoms with Crippen LogP contribution in [0.5, 0.6) is 0 Å². The lowest BCUT2D eigenvalue weighted by atomic mass is 10.0. The number of nitrogens with one attached hydrogen (secondary N) is 5. The Morgan fingerprint density at radius 2 is 1.47 bits per heavy atom. The summed E-state index contributed by atoms with van der Waals surface area (Å²) >= 11 is 0. The second-order valence-corrected chi connectivity index (χ2v) is 11.4. The first-order chi connectivity index (χ1) is 23.2. The molecule has 14 heteroatoms. The molecule has 0 radical (unpaired) electrons. The Labute approximate surface area is 280 Å². The number of hydrogen-bond donors (Lipinski definition) is 5. The molecule has 0 saturated heterocycles. The standard InChI is InChI=1S/C35H34F3N7O4/c1-5-30(46)45-29(14-20(2)3)33(49)42-24-10-7-11-25(16-24)44-34-39-18-27(19-40-34)43-32(48)28-17-26(13-12-21(28)4)41-31(47)22-8-6-9-23(15-22)35(36,37)38/h5-13,15-20,29H,1,14H2,2-4H3,(H,41,47)(H,42,49)(H,43,48)(H,45,46)(H,39,40,44)/t29-/m0/s1. The Kier molecular flexibility index (Phi) is 11.5. The third-order valence-electron chi connectivity index (χ3n) is 7.01. The van der Waals surface area contributed by atoms with Gasteiger partial charge in [-0.05, 0) is 79.4 Å². The molecular weight excluding hydrogens is 639 g/mol. The highest BCUT2D eigenvalue weighted by molar-refractivity contribution is 6.08. The van der Waals surface area contributed by atoms with Crippen molar-refractivity contribution in [2.45, 2.75) is 39.4 Å². The lowest BCUT2D eigenvalue weighted by Gasteiger charge is -2.19. The highest BCUT2D eigenvalue weighted by Crippen LogP contribution is 2.30. The number of carbonyl (C=O) groups is 4. The predicted molar refractivity (Wildman–Crippen MR) is 180 cm³/mol. The average Bonchev–Trinajstić information content (AvgIpc) is 3.05. The fraction of sp³-hybridized carbons (Fsp3) is 0.200. The van der Waals surface area contributed by atoms with E-state index in [9.17, 15) is 32.3 Å². The maximum Gasteiger partial charge on any atom is 0.416 e. The van der Waals surface area contributed by atoms with Gasteiger partial charge in [-0.25, -0.2) is 9.97 Å². The van der Waals surface area contributed by atoms with Crippen LogP contribution in [0.25, 0.3) is 0 Å². The number of hydrogen-bond acceptors (Lipinski definition) is 7. The summed E-state index contributed by atoms with van der Waals surface area (Å²) in [4.78, 5) is 58.9. The zero-order valence-electron chi connectivity index (χ0n) is 26.8. The molecule has 1 atom stereocenters. The summed E-state index contributed by atoms with van der Waals surface area (Å²) in [5.74, 6) is -1.76.